The first kappa shape index (κ1) is 13.7. The van der Waals surface area contributed by atoms with Crippen molar-refractivity contribution in [2.24, 2.45) is 0 Å². The van der Waals surface area contributed by atoms with Gasteiger partial charge in [0.1, 0.15) is 5.69 Å². The quantitative estimate of drug-likeness (QED) is 0.891. The molecule has 1 fully saturated rings. The number of fused-ring (bicyclic) bond motifs is 1. The molecule has 1 aromatic carbocycles. The molecule has 0 spiro atoms. The Morgan fingerprint density at radius 2 is 2.14 bits per heavy atom. The number of aromatic amines is 1. The smallest absolute Gasteiger partial charge is 0.352 e. The summed E-state index contributed by atoms with van der Waals surface area (Å²) in [7, 11) is 0. The van der Waals surface area contributed by atoms with Crippen LogP contribution >= 0.6 is 0 Å². The van der Waals surface area contributed by atoms with E-state index in [0.717, 1.165) is 36.8 Å². The molecule has 5 heteroatoms. The number of aromatic nitrogens is 1. The fourth-order valence-electron chi connectivity index (χ4n) is 3.06. The van der Waals surface area contributed by atoms with E-state index in [4.69, 9.17) is 5.11 Å². The van der Waals surface area contributed by atoms with E-state index in [0.29, 0.717) is 5.92 Å². The molecule has 1 aliphatic heterocycles. The normalized spacial score (nSPS) is 18.9. The van der Waals surface area contributed by atoms with Crippen LogP contribution < -0.4 is 0 Å². The lowest BCUT2D eigenvalue weighted by Gasteiger charge is -2.32. The highest BCUT2D eigenvalue weighted by Crippen LogP contribution is 2.29. The Hall–Kier alpha value is -2.30. The van der Waals surface area contributed by atoms with Gasteiger partial charge in [0.15, 0.2) is 0 Å². The number of carbonyl (C=O) groups excluding carboxylic acids is 1. The Labute approximate surface area is 122 Å². The lowest BCUT2D eigenvalue weighted by atomic mass is 9.90. The van der Waals surface area contributed by atoms with Crippen molar-refractivity contribution in [3.63, 3.8) is 0 Å². The van der Waals surface area contributed by atoms with Gasteiger partial charge in [-0.25, -0.2) is 4.79 Å². The minimum Gasteiger partial charge on any atom is -0.477 e. The Kier molecular flexibility index (Phi) is 3.41. The van der Waals surface area contributed by atoms with Gasteiger partial charge in [0.05, 0.1) is 0 Å². The van der Waals surface area contributed by atoms with Crippen LogP contribution in [0.15, 0.2) is 24.3 Å². The maximum atomic E-state index is 11.5. The molecule has 1 aliphatic rings. The van der Waals surface area contributed by atoms with Crippen LogP contribution in [0.5, 0.6) is 0 Å². The van der Waals surface area contributed by atoms with Crippen molar-refractivity contribution < 1.29 is 14.7 Å². The number of nitrogens with zero attached hydrogens (tertiary/aromatic N) is 1. The lowest BCUT2D eigenvalue weighted by molar-refractivity contribution is -0.130. The van der Waals surface area contributed by atoms with Gasteiger partial charge in [-0.1, -0.05) is 6.07 Å². The summed E-state index contributed by atoms with van der Waals surface area (Å²) in [6.45, 7) is 3.19. The van der Waals surface area contributed by atoms with Gasteiger partial charge in [-0.2, -0.15) is 0 Å². The fraction of sp³-hybridized carbons (Fsp3) is 0.375. The number of nitrogens with one attached hydrogen (secondary N) is 1. The molecule has 0 unspecified atom stereocenters. The Balaban J connectivity index is 1.89. The van der Waals surface area contributed by atoms with Gasteiger partial charge in [-0.3, -0.25) is 4.79 Å². The minimum atomic E-state index is -0.951. The van der Waals surface area contributed by atoms with Crippen molar-refractivity contribution in [1.82, 2.24) is 9.88 Å². The lowest BCUT2D eigenvalue weighted by Crippen LogP contribution is -2.37. The molecule has 1 amide bonds. The number of hydrogen-bond donors (Lipinski definition) is 2. The first-order valence-electron chi connectivity index (χ1n) is 7.16. The van der Waals surface area contributed by atoms with Gasteiger partial charge in [0.2, 0.25) is 5.91 Å². The average molecular weight is 286 g/mol. The Morgan fingerprint density at radius 3 is 2.86 bits per heavy atom. The van der Waals surface area contributed by atoms with Crippen molar-refractivity contribution >= 4 is 22.8 Å². The molecule has 0 bridgehead atoms. The Bertz CT molecular complexity index is 705. The zero-order valence-electron chi connectivity index (χ0n) is 11.9. The largest absolute Gasteiger partial charge is 0.477 e. The minimum absolute atomic E-state index is 0.121. The van der Waals surface area contributed by atoms with E-state index in [1.807, 2.05) is 23.1 Å². The van der Waals surface area contributed by atoms with Crippen LogP contribution in [0.3, 0.4) is 0 Å². The number of aromatic carboxylic acids is 1. The summed E-state index contributed by atoms with van der Waals surface area (Å²) in [5.41, 5.74) is 2.20. The van der Waals surface area contributed by atoms with Crippen molar-refractivity contribution in [3.8, 4) is 0 Å². The summed E-state index contributed by atoms with van der Waals surface area (Å²) >= 11 is 0. The number of piperidine rings is 1. The van der Waals surface area contributed by atoms with Gasteiger partial charge in [0.25, 0.3) is 0 Å². The van der Waals surface area contributed by atoms with E-state index in [1.165, 1.54) is 5.56 Å². The second-order valence-corrected chi connectivity index (χ2v) is 5.64. The zero-order valence-corrected chi connectivity index (χ0v) is 11.9. The number of H-pyrrole nitrogens is 1. The molecule has 2 aromatic rings. The topological polar surface area (TPSA) is 73.4 Å². The number of carboxylic acid groups (broad SMARTS) is 1. The van der Waals surface area contributed by atoms with E-state index in [1.54, 1.807) is 13.0 Å². The summed E-state index contributed by atoms with van der Waals surface area (Å²) in [6, 6.07) is 7.64. The maximum absolute atomic E-state index is 11.5. The van der Waals surface area contributed by atoms with E-state index >= 15 is 0 Å². The monoisotopic (exact) mass is 286 g/mol. The van der Waals surface area contributed by atoms with Gasteiger partial charge < -0.3 is 15.0 Å². The second-order valence-electron chi connectivity index (χ2n) is 5.64. The van der Waals surface area contributed by atoms with Crippen molar-refractivity contribution in [2.75, 3.05) is 13.1 Å². The molecule has 0 saturated carbocycles. The summed E-state index contributed by atoms with van der Waals surface area (Å²) in [4.78, 5) is 27.3. The first-order valence-corrected chi connectivity index (χ1v) is 7.16. The van der Waals surface area contributed by atoms with Crippen molar-refractivity contribution in [3.05, 3.63) is 35.5 Å². The third-order valence-electron chi connectivity index (χ3n) is 4.21. The molecule has 1 saturated heterocycles. The fourth-order valence-corrected chi connectivity index (χ4v) is 3.06. The number of amides is 1. The van der Waals surface area contributed by atoms with Crippen LogP contribution in [-0.2, 0) is 4.79 Å². The van der Waals surface area contributed by atoms with Gasteiger partial charge in [0, 0.05) is 36.8 Å². The number of carbonyl (C=O) groups is 2. The van der Waals surface area contributed by atoms with Crippen LogP contribution in [0.2, 0.25) is 0 Å². The van der Waals surface area contributed by atoms with E-state index in [9.17, 15) is 9.59 Å². The molecular weight excluding hydrogens is 268 g/mol. The number of likely N-dealkylation sites (tertiary alicyclic amines) is 1. The van der Waals surface area contributed by atoms with Crippen LogP contribution in [0, 0.1) is 0 Å². The van der Waals surface area contributed by atoms with Gasteiger partial charge >= 0.3 is 5.97 Å². The predicted octanol–water partition coefficient (Wildman–Crippen LogP) is 2.59. The zero-order chi connectivity index (χ0) is 15.0. The van der Waals surface area contributed by atoms with Crippen molar-refractivity contribution in [2.45, 2.75) is 25.7 Å². The molecule has 2 heterocycles. The van der Waals surface area contributed by atoms with E-state index in [-0.39, 0.29) is 11.6 Å². The summed E-state index contributed by atoms with van der Waals surface area (Å²) in [6.07, 6.45) is 2.07. The number of benzene rings is 1. The maximum Gasteiger partial charge on any atom is 0.352 e. The van der Waals surface area contributed by atoms with Crippen LogP contribution in [0.1, 0.15) is 41.7 Å². The van der Waals surface area contributed by atoms with Gasteiger partial charge in [-0.15, -0.1) is 0 Å². The van der Waals surface area contributed by atoms with E-state index < -0.39 is 5.97 Å². The number of hydrogen-bond acceptors (Lipinski definition) is 2. The van der Waals surface area contributed by atoms with Gasteiger partial charge in [-0.05, 0) is 36.6 Å². The van der Waals surface area contributed by atoms with Crippen LogP contribution in [0.25, 0.3) is 10.9 Å². The van der Waals surface area contributed by atoms with E-state index in [2.05, 4.69) is 4.98 Å². The van der Waals surface area contributed by atoms with Crippen LogP contribution in [0.4, 0.5) is 0 Å². The molecule has 2 N–H and O–H groups in total. The third kappa shape index (κ3) is 2.63. The molecule has 21 heavy (non-hydrogen) atoms. The number of carboxylic acids is 1. The molecule has 0 aliphatic carbocycles. The molecule has 3 rings (SSSR count). The average Bonchev–Trinajstić information content (AvgIpc) is 2.90. The highest BCUT2D eigenvalue weighted by molar-refractivity contribution is 5.93. The molecule has 0 radical (unpaired) electrons. The summed E-state index contributed by atoms with van der Waals surface area (Å²) in [5, 5.41) is 9.93. The number of rotatable bonds is 2. The molecular formula is C16H18N2O3. The molecule has 5 nitrogen and oxygen atoms in total. The Morgan fingerprint density at radius 1 is 1.33 bits per heavy atom. The molecule has 1 aromatic heterocycles. The summed E-state index contributed by atoms with van der Waals surface area (Å²) in [5.74, 6) is -0.501. The summed E-state index contributed by atoms with van der Waals surface area (Å²) < 4.78 is 0. The second kappa shape index (κ2) is 5.24. The van der Waals surface area contributed by atoms with Crippen LogP contribution in [-0.4, -0.2) is 40.0 Å². The highest BCUT2D eigenvalue weighted by Gasteiger charge is 2.23. The predicted molar refractivity (Wildman–Crippen MR) is 79.5 cm³/mol. The first-order chi connectivity index (χ1) is 10.0. The molecule has 110 valence electrons. The molecule has 1 atom stereocenters. The highest BCUT2D eigenvalue weighted by atomic mass is 16.4. The third-order valence-corrected chi connectivity index (χ3v) is 4.21. The standard InChI is InChI=1S/C16H18N2O3/c1-10(19)18-6-2-3-12(9-18)11-4-5-14-13(7-11)8-15(17-14)16(20)21/h4-5,7-8,12,17H,2-3,6,9H2,1H3,(H,20,21)/t12-/m0/s1. The van der Waals surface area contributed by atoms with Crippen molar-refractivity contribution in [1.29, 1.82) is 0 Å². The SMILES string of the molecule is CC(=O)N1CCC[C@H](c2ccc3[nH]c(C(=O)O)cc3c2)C1.